The maximum absolute atomic E-state index is 5.15. The SMILES string of the molecule is Cc1cnc(C)c(-c2ccc(-c3ccc4c(c3)-c3ccccc3C43c4ccccc4-c4cc(-c5nc(C)nc(-c6ccccc6-c6ccccc6)n5)ccc43)cc2)c1. The molecule has 4 nitrogen and oxygen atoms in total. The van der Waals surface area contributed by atoms with Crippen molar-refractivity contribution in [2.75, 3.05) is 0 Å². The molecule has 2 aliphatic carbocycles. The zero-order valence-corrected chi connectivity index (χ0v) is 32.5. The molecule has 4 heteroatoms. The molecule has 0 saturated heterocycles. The molecule has 0 N–H and O–H groups in total. The van der Waals surface area contributed by atoms with Crippen LogP contribution in [0, 0.1) is 20.8 Å². The predicted molar refractivity (Wildman–Crippen MR) is 235 cm³/mol. The van der Waals surface area contributed by atoms with Crippen LogP contribution in [0.2, 0.25) is 0 Å². The minimum atomic E-state index is -0.455. The summed E-state index contributed by atoms with van der Waals surface area (Å²) in [6.45, 7) is 6.13. The van der Waals surface area contributed by atoms with Crippen molar-refractivity contribution in [2.45, 2.75) is 26.2 Å². The summed E-state index contributed by atoms with van der Waals surface area (Å²) in [5.74, 6) is 2.03. The topological polar surface area (TPSA) is 51.6 Å². The van der Waals surface area contributed by atoms with E-state index in [9.17, 15) is 0 Å². The first-order chi connectivity index (χ1) is 28.5. The molecule has 1 unspecified atom stereocenters. The number of rotatable bonds is 5. The summed E-state index contributed by atoms with van der Waals surface area (Å²) in [5.41, 5.74) is 20.9. The van der Waals surface area contributed by atoms with Crippen LogP contribution in [0.3, 0.4) is 0 Å². The molecule has 9 aromatic rings. The zero-order valence-electron chi connectivity index (χ0n) is 32.5. The fraction of sp³-hybridized carbons (Fsp3) is 0.0741. The highest BCUT2D eigenvalue weighted by molar-refractivity contribution is 5.97. The van der Waals surface area contributed by atoms with E-state index in [1.165, 1.54) is 66.8 Å². The van der Waals surface area contributed by atoms with Gasteiger partial charge in [-0.15, -0.1) is 0 Å². The highest BCUT2D eigenvalue weighted by atomic mass is 15.0. The molecule has 1 spiro atoms. The van der Waals surface area contributed by atoms with E-state index >= 15 is 0 Å². The van der Waals surface area contributed by atoms with Crippen LogP contribution in [0.4, 0.5) is 0 Å². The lowest BCUT2D eigenvalue weighted by atomic mass is 9.70. The number of fused-ring (bicyclic) bond motifs is 10. The lowest BCUT2D eigenvalue weighted by molar-refractivity contribution is 0.794. The minimum Gasteiger partial charge on any atom is -0.261 e. The Bertz CT molecular complexity index is 3090. The van der Waals surface area contributed by atoms with Gasteiger partial charge in [0.15, 0.2) is 11.6 Å². The molecule has 2 aromatic heterocycles. The van der Waals surface area contributed by atoms with Gasteiger partial charge in [0.2, 0.25) is 0 Å². The number of benzene rings is 7. The Balaban J connectivity index is 1.04. The summed E-state index contributed by atoms with van der Waals surface area (Å²) >= 11 is 0. The molecule has 274 valence electrons. The van der Waals surface area contributed by atoms with Gasteiger partial charge in [-0.25, -0.2) is 15.0 Å². The zero-order chi connectivity index (χ0) is 39.0. The van der Waals surface area contributed by atoms with Crippen molar-refractivity contribution in [3.63, 3.8) is 0 Å². The summed E-state index contributed by atoms with van der Waals surface area (Å²) in [5, 5.41) is 0. The molecular weight excluding hydrogens is 705 g/mol. The Morgan fingerprint density at radius 1 is 0.345 bits per heavy atom. The highest BCUT2D eigenvalue weighted by Crippen LogP contribution is 2.63. The van der Waals surface area contributed by atoms with E-state index in [0.29, 0.717) is 17.5 Å². The van der Waals surface area contributed by atoms with Gasteiger partial charge in [-0.3, -0.25) is 4.98 Å². The molecular formula is C54H38N4. The van der Waals surface area contributed by atoms with Crippen LogP contribution in [-0.4, -0.2) is 19.9 Å². The van der Waals surface area contributed by atoms with Gasteiger partial charge in [0, 0.05) is 28.6 Å². The summed E-state index contributed by atoms with van der Waals surface area (Å²) in [6.07, 6.45) is 1.93. The monoisotopic (exact) mass is 742 g/mol. The van der Waals surface area contributed by atoms with E-state index in [-0.39, 0.29) is 0 Å². The van der Waals surface area contributed by atoms with Crippen molar-refractivity contribution in [3.8, 4) is 78.4 Å². The second kappa shape index (κ2) is 13.1. The molecule has 1 atom stereocenters. The van der Waals surface area contributed by atoms with Gasteiger partial charge in [0.1, 0.15) is 5.82 Å². The minimum absolute atomic E-state index is 0.455. The number of aryl methyl sites for hydroxylation is 3. The van der Waals surface area contributed by atoms with Crippen molar-refractivity contribution in [3.05, 3.63) is 215 Å². The van der Waals surface area contributed by atoms with Crippen LogP contribution < -0.4 is 0 Å². The summed E-state index contributed by atoms with van der Waals surface area (Å²) in [7, 11) is 0. The van der Waals surface area contributed by atoms with Crippen molar-refractivity contribution < 1.29 is 0 Å². The molecule has 0 aliphatic heterocycles. The van der Waals surface area contributed by atoms with Gasteiger partial charge >= 0.3 is 0 Å². The van der Waals surface area contributed by atoms with Crippen molar-refractivity contribution in [1.29, 1.82) is 0 Å². The van der Waals surface area contributed by atoms with E-state index in [1.54, 1.807) is 0 Å². The second-order valence-corrected chi connectivity index (χ2v) is 15.5. The van der Waals surface area contributed by atoms with Crippen LogP contribution in [0.15, 0.2) is 176 Å². The van der Waals surface area contributed by atoms with Crippen molar-refractivity contribution in [2.24, 2.45) is 0 Å². The quantitative estimate of drug-likeness (QED) is 0.176. The Morgan fingerprint density at radius 3 is 1.53 bits per heavy atom. The van der Waals surface area contributed by atoms with Crippen molar-refractivity contribution in [1.82, 2.24) is 19.9 Å². The molecule has 11 rings (SSSR count). The number of nitrogens with zero attached hydrogens (tertiary/aromatic N) is 4. The maximum atomic E-state index is 5.15. The van der Waals surface area contributed by atoms with Crippen LogP contribution in [0.1, 0.15) is 39.3 Å². The molecule has 0 fully saturated rings. The molecule has 0 radical (unpaired) electrons. The predicted octanol–water partition coefficient (Wildman–Crippen LogP) is 12.9. The van der Waals surface area contributed by atoms with E-state index in [1.807, 2.05) is 25.3 Å². The van der Waals surface area contributed by atoms with Crippen molar-refractivity contribution >= 4 is 0 Å². The first kappa shape index (κ1) is 34.0. The second-order valence-electron chi connectivity index (χ2n) is 15.5. The van der Waals surface area contributed by atoms with Gasteiger partial charge in [-0.05, 0) is 117 Å². The molecule has 2 aliphatic rings. The van der Waals surface area contributed by atoms with Gasteiger partial charge in [0.05, 0.1) is 5.41 Å². The van der Waals surface area contributed by atoms with E-state index in [2.05, 4.69) is 177 Å². The first-order valence-electron chi connectivity index (χ1n) is 19.9. The van der Waals surface area contributed by atoms with Crippen LogP contribution in [0.5, 0.6) is 0 Å². The Hall–Kier alpha value is -7.30. The van der Waals surface area contributed by atoms with E-state index < -0.39 is 5.41 Å². The standard InChI is InChI=1S/C54H38N4/c1-33-29-45(34(2)55-32-33)38-23-21-36(22-24-38)39-25-27-50-46(30-39)42-16-9-11-19-48(42)54(50)49-20-12-10-17-43(49)47-31-40(26-28-51(47)54)52-56-35(3)57-53(58-52)44-18-8-7-15-41(44)37-13-5-4-6-14-37/h4-32H,1-3H3. The summed E-state index contributed by atoms with van der Waals surface area (Å²) in [6, 6.07) is 61.7. The van der Waals surface area contributed by atoms with Crippen LogP contribution >= 0.6 is 0 Å². The molecule has 7 aromatic carbocycles. The Labute approximate surface area is 338 Å². The molecule has 0 amide bonds. The summed E-state index contributed by atoms with van der Waals surface area (Å²) in [4.78, 5) is 19.5. The lowest BCUT2D eigenvalue weighted by Crippen LogP contribution is -2.25. The first-order valence-corrected chi connectivity index (χ1v) is 19.9. The number of pyridine rings is 1. The number of aromatic nitrogens is 4. The Morgan fingerprint density at radius 2 is 0.845 bits per heavy atom. The van der Waals surface area contributed by atoms with Gasteiger partial charge in [-0.1, -0.05) is 152 Å². The van der Waals surface area contributed by atoms with E-state index in [0.717, 1.165) is 33.5 Å². The largest absolute Gasteiger partial charge is 0.261 e. The Kier molecular flexibility index (Phi) is 7.70. The van der Waals surface area contributed by atoms with Gasteiger partial charge in [0.25, 0.3) is 0 Å². The molecule has 0 bridgehead atoms. The highest BCUT2D eigenvalue weighted by Gasteiger charge is 2.51. The fourth-order valence-electron chi connectivity index (χ4n) is 9.52. The third kappa shape index (κ3) is 5.15. The third-order valence-electron chi connectivity index (χ3n) is 12.1. The van der Waals surface area contributed by atoms with E-state index in [4.69, 9.17) is 15.0 Å². The van der Waals surface area contributed by atoms with Gasteiger partial charge < -0.3 is 0 Å². The van der Waals surface area contributed by atoms with Crippen LogP contribution in [-0.2, 0) is 5.41 Å². The smallest absolute Gasteiger partial charge is 0.164 e. The summed E-state index contributed by atoms with van der Waals surface area (Å²) < 4.78 is 0. The molecule has 2 heterocycles. The van der Waals surface area contributed by atoms with Crippen LogP contribution in [0.25, 0.3) is 78.4 Å². The maximum Gasteiger partial charge on any atom is 0.164 e. The average Bonchev–Trinajstić information content (AvgIpc) is 3.74. The number of hydrogen-bond donors (Lipinski definition) is 0. The normalized spacial score (nSPS) is 14.5. The number of hydrogen-bond acceptors (Lipinski definition) is 4. The molecule has 0 saturated carbocycles. The lowest BCUT2D eigenvalue weighted by Gasteiger charge is -2.30. The third-order valence-corrected chi connectivity index (χ3v) is 12.1. The molecule has 58 heavy (non-hydrogen) atoms. The van der Waals surface area contributed by atoms with Gasteiger partial charge in [-0.2, -0.15) is 0 Å². The fourth-order valence-corrected chi connectivity index (χ4v) is 9.52. The average molecular weight is 743 g/mol.